The molecule has 0 bridgehead atoms. The van der Waals surface area contributed by atoms with Gasteiger partial charge in [-0.15, -0.1) is 11.3 Å². The molecule has 2 aromatic heterocycles. The van der Waals surface area contributed by atoms with Crippen molar-refractivity contribution in [1.29, 1.82) is 0 Å². The molecule has 1 aromatic carbocycles. The highest BCUT2D eigenvalue weighted by Gasteiger charge is 2.09. The average molecular weight is 325 g/mol. The fourth-order valence-electron chi connectivity index (χ4n) is 2.06. The standard InChI is InChI=1S/C17H15N3O2S/c1-22-15-6-4-12(5-7-15)17-20-14(11-23-17)9-16(21)19-13-3-2-8-18-10-13/h2-8,10-11H,9H2,1H3,(H,19,21). The number of pyridine rings is 1. The summed E-state index contributed by atoms with van der Waals surface area (Å²) in [5.41, 5.74) is 2.44. The number of carbonyl (C=O) groups excluding carboxylic acids is 1. The summed E-state index contributed by atoms with van der Waals surface area (Å²) in [6, 6.07) is 11.3. The van der Waals surface area contributed by atoms with Crippen LogP contribution in [0, 0.1) is 0 Å². The van der Waals surface area contributed by atoms with Crippen LogP contribution in [0.3, 0.4) is 0 Å². The van der Waals surface area contributed by atoms with Gasteiger partial charge in [0.2, 0.25) is 5.91 Å². The van der Waals surface area contributed by atoms with Crippen molar-refractivity contribution >= 4 is 22.9 Å². The normalized spacial score (nSPS) is 10.3. The molecule has 0 aliphatic heterocycles. The van der Waals surface area contributed by atoms with Crippen molar-refractivity contribution in [2.24, 2.45) is 0 Å². The van der Waals surface area contributed by atoms with Gasteiger partial charge >= 0.3 is 0 Å². The number of ether oxygens (including phenoxy) is 1. The zero-order valence-electron chi connectivity index (χ0n) is 12.5. The molecule has 0 saturated carbocycles. The summed E-state index contributed by atoms with van der Waals surface area (Å²) in [6.45, 7) is 0. The van der Waals surface area contributed by atoms with Gasteiger partial charge in [-0.25, -0.2) is 4.98 Å². The highest BCUT2D eigenvalue weighted by Crippen LogP contribution is 2.25. The maximum atomic E-state index is 12.0. The molecule has 0 spiro atoms. The Morgan fingerprint density at radius 2 is 2.09 bits per heavy atom. The molecular weight excluding hydrogens is 310 g/mol. The summed E-state index contributed by atoms with van der Waals surface area (Å²) in [5, 5.41) is 5.59. The molecule has 1 N–H and O–H groups in total. The highest BCUT2D eigenvalue weighted by atomic mass is 32.1. The molecule has 23 heavy (non-hydrogen) atoms. The molecule has 1 amide bonds. The van der Waals surface area contributed by atoms with Gasteiger partial charge in [0.15, 0.2) is 0 Å². The molecule has 2 heterocycles. The van der Waals surface area contributed by atoms with Gasteiger partial charge in [0.1, 0.15) is 10.8 Å². The Morgan fingerprint density at radius 1 is 1.26 bits per heavy atom. The van der Waals surface area contributed by atoms with E-state index in [1.165, 1.54) is 11.3 Å². The van der Waals surface area contributed by atoms with Crippen molar-refractivity contribution in [2.75, 3.05) is 12.4 Å². The molecule has 0 fully saturated rings. The minimum absolute atomic E-state index is 0.107. The number of nitrogens with zero attached hydrogens (tertiary/aromatic N) is 2. The van der Waals surface area contributed by atoms with Crippen LogP contribution in [0.1, 0.15) is 5.69 Å². The first kappa shape index (κ1) is 15.2. The Labute approximate surface area is 138 Å². The maximum absolute atomic E-state index is 12.0. The minimum Gasteiger partial charge on any atom is -0.497 e. The first-order valence-corrected chi connectivity index (χ1v) is 7.91. The Morgan fingerprint density at radius 3 is 2.78 bits per heavy atom. The Hall–Kier alpha value is -2.73. The van der Waals surface area contributed by atoms with E-state index in [4.69, 9.17) is 4.74 Å². The minimum atomic E-state index is -0.107. The monoisotopic (exact) mass is 325 g/mol. The summed E-state index contributed by atoms with van der Waals surface area (Å²) in [4.78, 5) is 20.5. The van der Waals surface area contributed by atoms with Gasteiger partial charge in [0, 0.05) is 17.1 Å². The van der Waals surface area contributed by atoms with Gasteiger partial charge in [0.25, 0.3) is 0 Å². The third-order valence-corrected chi connectivity index (χ3v) is 4.12. The summed E-state index contributed by atoms with van der Waals surface area (Å²) in [7, 11) is 1.64. The summed E-state index contributed by atoms with van der Waals surface area (Å²) in [5.74, 6) is 0.700. The van der Waals surface area contributed by atoms with Gasteiger partial charge in [-0.1, -0.05) is 0 Å². The average Bonchev–Trinajstić information content (AvgIpc) is 3.04. The van der Waals surface area contributed by atoms with Crippen LogP contribution in [0.4, 0.5) is 5.69 Å². The fourth-order valence-corrected chi connectivity index (χ4v) is 2.89. The zero-order chi connectivity index (χ0) is 16.1. The van der Waals surface area contributed by atoms with Crippen molar-refractivity contribution in [3.8, 4) is 16.3 Å². The lowest BCUT2D eigenvalue weighted by molar-refractivity contribution is -0.115. The number of methoxy groups -OCH3 is 1. The Balaban J connectivity index is 1.65. The predicted octanol–water partition coefficient (Wildman–Crippen LogP) is 3.39. The topological polar surface area (TPSA) is 64.1 Å². The molecule has 0 aliphatic carbocycles. The number of amides is 1. The number of benzene rings is 1. The van der Waals surface area contributed by atoms with E-state index in [1.807, 2.05) is 29.6 Å². The van der Waals surface area contributed by atoms with E-state index < -0.39 is 0 Å². The summed E-state index contributed by atoms with van der Waals surface area (Å²) in [6.07, 6.45) is 3.51. The van der Waals surface area contributed by atoms with Crippen LogP contribution in [-0.4, -0.2) is 23.0 Å². The quantitative estimate of drug-likeness (QED) is 0.781. The van der Waals surface area contributed by atoms with Crippen molar-refractivity contribution in [3.63, 3.8) is 0 Å². The predicted molar refractivity (Wildman–Crippen MR) is 90.7 cm³/mol. The number of hydrogen-bond donors (Lipinski definition) is 1. The third kappa shape index (κ3) is 3.92. The lowest BCUT2D eigenvalue weighted by Crippen LogP contribution is -2.14. The zero-order valence-corrected chi connectivity index (χ0v) is 13.3. The number of nitrogens with one attached hydrogen (secondary N) is 1. The van der Waals surface area contributed by atoms with Crippen molar-refractivity contribution < 1.29 is 9.53 Å². The first-order chi connectivity index (χ1) is 11.2. The number of aromatic nitrogens is 2. The van der Waals surface area contributed by atoms with Crippen molar-refractivity contribution in [2.45, 2.75) is 6.42 Å². The number of rotatable bonds is 5. The van der Waals surface area contributed by atoms with Gasteiger partial charge in [-0.05, 0) is 36.4 Å². The van der Waals surface area contributed by atoms with E-state index >= 15 is 0 Å². The molecule has 0 unspecified atom stereocenters. The van der Waals surface area contributed by atoms with Crippen LogP contribution in [-0.2, 0) is 11.2 Å². The van der Waals surface area contributed by atoms with Crippen LogP contribution in [0.2, 0.25) is 0 Å². The first-order valence-electron chi connectivity index (χ1n) is 7.03. The van der Waals surface area contributed by atoms with Gasteiger partial charge < -0.3 is 10.1 Å². The summed E-state index contributed by atoms with van der Waals surface area (Å²) >= 11 is 1.52. The van der Waals surface area contributed by atoms with E-state index in [2.05, 4.69) is 15.3 Å². The molecule has 116 valence electrons. The molecule has 0 radical (unpaired) electrons. The van der Waals surface area contributed by atoms with Crippen molar-refractivity contribution in [1.82, 2.24) is 9.97 Å². The van der Waals surface area contributed by atoms with Crippen LogP contribution < -0.4 is 10.1 Å². The Kier molecular flexibility index (Phi) is 4.63. The van der Waals surface area contributed by atoms with E-state index in [1.54, 1.807) is 31.6 Å². The largest absolute Gasteiger partial charge is 0.497 e. The second-order valence-corrected chi connectivity index (χ2v) is 5.70. The van der Waals surface area contributed by atoms with Crippen LogP contribution in [0.5, 0.6) is 5.75 Å². The third-order valence-electron chi connectivity index (χ3n) is 3.18. The van der Waals surface area contributed by atoms with Gasteiger partial charge in [-0.2, -0.15) is 0 Å². The molecule has 3 rings (SSSR count). The highest BCUT2D eigenvalue weighted by molar-refractivity contribution is 7.13. The van der Waals surface area contributed by atoms with Gasteiger partial charge in [0.05, 0.1) is 31.1 Å². The van der Waals surface area contributed by atoms with Gasteiger partial charge in [-0.3, -0.25) is 9.78 Å². The smallest absolute Gasteiger partial charge is 0.230 e. The van der Waals surface area contributed by atoms with Crippen LogP contribution in [0.25, 0.3) is 10.6 Å². The molecule has 6 heteroatoms. The number of hydrogen-bond acceptors (Lipinski definition) is 5. The second-order valence-electron chi connectivity index (χ2n) is 4.84. The van der Waals surface area contributed by atoms with Crippen molar-refractivity contribution in [3.05, 3.63) is 59.9 Å². The van der Waals surface area contributed by atoms with Crippen LogP contribution in [0.15, 0.2) is 54.2 Å². The lowest BCUT2D eigenvalue weighted by atomic mass is 10.2. The summed E-state index contributed by atoms with van der Waals surface area (Å²) < 4.78 is 5.14. The SMILES string of the molecule is COc1ccc(-c2nc(CC(=O)Nc3cccnc3)cs2)cc1. The molecule has 0 atom stereocenters. The van der Waals surface area contributed by atoms with Crippen LogP contribution >= 0.6 is 11.3 Å². The number of carbonyl (C=O) groups is 1. The maximum Gasteiger partial charge on any atom is 0.230 e. The molecule has 5 nitrogen and oxygen atoms in total. The molecular formula is C17H15N3O2S. The number of thiazole rings is 1. The molecule has 0 saturated heterocycles. The molecule has 0 aliphatic rings. The molecule has 3 aromatic rings. The van der Waals surface area contributed by atoms with E-state index in [9.17, 15) is 4.79 Å². The second kappa shape index (κ2) is 7.02. The lowest BCUT2D eigenvalue weighted by Gasteiger charge is -2.02. The number of anilines is 1. The Bertz CT molecular complexity index is 785. The fraction of sp³-hybridized carbons (Fsp3) is 0.118. The van der Waals surface area contributed by atoms with E-state index in [-0.39, 0.29) is 12.3 Å². The van der Waals surface area contributed by atoms with E-state index in [0.29, 0.717) is 5.69 Å². The van der Waals surface area contributed by atoms with E-state index in [0.717, 1.165) is 22.0 Å².